The van der Waals surface area contributed by atoms with Crippen molar-refractivity contribution in [3.05, 3.63) is 79.0 Å². The highest BCUT2D eigenvalue weighted by atomic mass is 127. The SMILES string of the molecule is O=C1OC(c2cccc(I)c2)=N/C1=C/c1ccc([N+](=O)[O-])cc1. The van der Waals surface area contributed by atoms with Crippen molar-refractivity contribution in [1.29, 1.82) is 0 Å². The van der Waals surface area contributed by atoms with Crippen LogP contribution in [0, 0.1) is 13.7 Å². The third kappa shape index (κ3) is 3.45. The van der Waals surface area contributed by atoms with Crippen molar-refractivity contribution in [3.63, 3.8) is 0 Å². The Labute approximate surface area is 144 Å². The van der Waals surface area contributed by atoms with Gasteiger partial charge in [-0.1, -0.05) is 6.07 Å². The summed E-state index contributed by atoms with van der Waals surface area (Å²) in [6, 6.07) is 13.3. The first kappa shape index (κ1) is 15.3. The van der Waals surface area contributed by atoms with Crippen molar-refractivity contribution in [2.75, 3.05) is 0 Å². The summed E-state index contributed by atoms with van der Waals surface area (Å²) >= 11 is 2.16. The van der Waals surface area contributed by atoms with Crippen LogP contribution in [0.1, 0.15) is 11.1 Å². The van der Waals surface area contributed by atoms with Crippen LogP contribution in [-0.4, -0.2) is 16.8 Å². The molecule has 0 N–H and O–H groups in total. The second-order valence-electron chi connectivity index (χ2n) is 4.70. The van der Waals surface area contributed by atoms with Gasteiger partial charge in [0.25, 0.3) is 5.69 Å². The maximum Gasteiger partial charge on any atom is 0.363 e. The van der Waals surface area contributed by atoms with Crippen LogP contribution in [0.5, 0.6) is 0 Å². The van der Waals surface area contributed by atoms with Gasteiger partial charge in [-0.05, 0) is 64.6 Å². The van der Waals surface area contributed by atoms with E-state index in [1.165, 1.54) is 18.2 Å². The minimum absolute atomic E-state index is 0.0100. The van der Waals surface area contributed by atoms with E-state index in [0.717, 1.165) is 9.13 Å². The van der Waals surface area contributed by atoms with E-state index in [4.69, 9.17) is 4.74 Å². The Morgan fingerprint density at radius 1 is 1.17 bits per heavy atom. The van der Waals surface area contributed by atoms with Crippen molar-refractivity contribution in [3.8, 4) is 0 Å². The van der Waals surface area contributed by atoms with E-state index in [2.05, 4.69) is 27.6 Å². The maximum atomic E-state index is 11.9. The molecule has 0 radical (unpaired) electrons. The second kappa shape index (κ2) is 6.29. The lowest BCUT2D eigenvalue weighted by atomic mass is 10.2. The number of carbonyl (C=O) groups is 1. The zero-order valence-corrected chi connectivity index (χ0v) is 13.8. The van der Waals surface area contributed by atoms with Crippen molar-refractivity contribution >= 4 is 46.2 Å². The molecule has 7 heteroatoms. The Morgan fingerprint density at radius 3 is 2.57 bits per heavy atom. The summed E-state index contributed by atoms with van der Waals surface area (Å²) in [5.74, 6) is -0.293. The number of nitro groups is 1. The number of esters is 1. The predicted molar refractivity (Wildman–Crippen MR) is 92.9 cm³/mol. The minimum Gasteiger partial charge on any atom is -0.402 e. The quantitative estimate of drug-likeness (QED) is 0.250. The van der Waals surface area contributed by atoms with Crippen LogP contribution in [0.2, 0.25) is 0 Å². The van der Waals surface area contributed by atoms with Crippen LogP contribution in [-0.2, 0) is 9.53 Å². The molecule has 114 valence electrons. The van der Waals surface area contributed by atoms with Crippen molar-refractivity contribution in [2.45, 2.75) is 0 Å². The van der Waals surface area contributed by atoms with Gasteiger partial charge < -0.3 is 4.74 Å². The van der Waals surface area contributed by atoms with E-state index < -0.39 is 10.9 Å². The van der Waals surface area contributed by atoms with Gasteiger partial charge in [0.1, 0.15) is 0 Å². The summed E-state index contributed by atoms with van der Waals surface area (Å²) in [6.07, 6.45) is 1.53. The molecule has 6 nitrogen and oxygen atoms in total. The number of halogens is 1. The van der Waals surface area contributed by atoms with Gasteiger partial charge in [0, 0.05) is 21.3 Å². The fourth-order valence-electron chi connectivity index (χ4n) is 2.00. The van der Waals surface area contributed by atoms with E-state index in [-0.39, 0.29) is 17.3 Å². The average Bonchev–Trinajstić information content (AvgIpc) is 2.89. The molecule has 0 bridgehead atoms. The molecule has 0 amide bonds. The van der Waals surface area contributed by atoms with Crippen LogP contribution >= 0.6 is 22.6 Å². The number of ether oxygens (including phenoxy) is 1. The van der Waals surface area contributed by atoms with Crippen molar-refractivity contribution < 1.29 is 14.5 Å². The number of carbonyl (C=O) groups excluding carboxylic acids is 1. The average molecular weight is 420 g/mol. The minimum atomic E-state index is -0.544. The Hall–Kier alpha value is -2.55. The smallest absolute Gasteiger partial charge is 0.363 e. The van der Waals surface area contributed by atoms with Gasteiger partial charge in [-0.3, -0.25) is 10.1 Å². The molecule has 0 atom stereocenters. The van der Waals surface area contributed by atoms with E-state index in [1.54, 1.807) is 12.1 Å². The molecule has 0 aliphatic carbocycles. The molecule has 1 heterocycles. The second-order valence-corrected chi connectivity index (χ2v) is 5.94. The molecule has 2 aromatic carbocycles. The molecule has 0 fully saturated rings. The van der Waals surface area contributed by atoms with E-state index in [9.17, 15) is 14.9 Å². The number of non-ortho nitro benzene ring substituents is 1. The van der Waals surface area contributed by atoms with Gasteiger partial charge in [-0.15, -0.1) is 0 Å². The largest absolute Gasteiger partial charge is 0.402 e. The first-order valence-electron chi connectivity index (χ1n) is 6.56. The number of hydrogen-bond donors (Lipinski definition) is 0. The number of benzene rings is 2. The van der Waals surface area contributed by atoms with Gasteiger partial charge in [-0.2, -0.15) is 0 Å². The highest BCUT2D eigenvalue weighted by molar-refractivity contribution is 14.1. The molecular weight excluding hydrogens is 411 g/mol. The number of aliphatic imine (C=N–C) groups is 1. The molecule has 0 unspecified atom stereocenters. The number of nitrogens with zero attached hydrogens (tertiary/aromatic N) is 2. The van der Waals surface area contributed by atoms with Gasteiger partial charge in [0.2, 0.25) is 5.90 Å². The lowest BCUT2D eigenvalue weighted by Crippen LogP contribution is -2.05. The summed E-state index contributed by atoms with van der Waals surface area (Å²) < 4.78 is 6.19. The van der Waals surface area contributed by atoms with Gasteiger partial charge in [-0.25, -0.2) is 9.79 Å². The molecule has 23 heavy (non-hydrogen) atoms. The standard InChI is InChI=1S/C16H9IN2O4/c17-12-3-1-2-11(9-12)15-18-14(16(20)23-15)8-10-4-6-13(7-5-10)19(21)22/h1-9H/b14-8+. The zero-order valence-electron chi connectivity index (χ0n) is 11.6. The fraction of sp³-hybridized carbons (Fsp3) is 0. The van der Waals surface area contributed by atoms with E-state index >= 15 is 0 Å². The van der Waals surface area contributed by atoms with Gasteiger partial charge in [0.05, 0.1) is 4.92 Å². The van der Waals surface area contributed by atoms with Crippen LogP contribution in [0.4, 0.5) is 5.69 Å². The maximum absolute atomic E-state index is 11.9. The lowest BCUT2D eigenvalue weighted by Gasteiger charge is -1.99. The number of cyclic esters (lactones) is 1. The van der Waals surface area contributed by atoms with Gasteiger partial charge >= 0.3 is 5.97 Å². The molecule has 2 aromatic rings. The first-order chi connectivity index (χ1) is 11.0. The van der Waals surface area contributed by atoms with Crippen molar-refractivity contribution in [1.82, 2.24) is 0 Å². The van der Waals surface area contributed by atoms with Crippen LogP contribution in [0.3, 0.4) is 0 Å². The third-order valence-electron chi connectivity index (χ3n) is 3.10. The number of rotatable bonds is 3. The molecule has 3 rings (SSSR count). The molecule has 1 aliphatic rings. The highest BCUT2D eigenvalue weighted by Gasteiger charge is 2.24. The van der Waals surface area contributed by atoms with Crippen molar-refractivity contribution in [2.24, 2.45) is 4.99 Å². The Morgan fingerprint density at radius 2 is 1.91 bits per heavy atom. The van der Waals surface area contributed by atoms with Gasteiger partial charge in [0.15, 0.2) is 5.70 Å². The molecule has 0 saturated heterocycles. The predicted octanol–water partition coefficient (Wildman–Crippen LogP) is 3.54. The van der Waals surface area contributed by atoms with Crippen LogP contribution in [0.15, 0.2) is 59.2 Å². The van der Waals surface area contributed by atoms with Crippen LogP contribution in [0.25, 0.3) is 6.08 Å². The molecule has 0 saturated carbocycles. The number of nitro benzene ring substituents is 1. The molecule has 0 aromatic heterocycles. The molecular formula is C16H9IN2O4. The molecule has 1 aliphatic heterocycles. The Bertz CT molecular complexity index is 857. The lowest BCUT2D eigenvalue weighted by molar-refractivity contribution is -0.384. The Balaban J connectivity index is 1.90. The first-order valence-corrected chi connectivity index (χ1v) is 7.64. The van der Waals surface area contributed by atoms with E-state index in [0.29, 0.717) is 5.56 Å². The summed E-state index contributed by atoms with van der Waals surface area (Å²) in [4.78, 5) is 26.3. The Kier molecular flexibility index (Phi) is 4.20. The third-order valence-corrected chi connectivity index (χ3v) is 3.77. The normalized spacial score (nSPS) is 15.4. The monoisotopic (exact) mass is 420 g/mol. The van der Waals surface area contributed by atoms with Crippen LogP contribution < -0.4 is 0 Å². The highest BCUT2D eigenvalue weighted by Crippen LogP contribution is 2.21. The topological polar surface area (TPSA) is 81.8 Å². The number of hydrogen-bond acceptors (Lipinski definition) is 5. The summed E-state index contributed by atoms with van der Waals surface area (Å²) in [5.41, 5.74) is 1.50. The zero-order chi connectivity index (χ0) is 16.4. The summed E-state index contributed by atoms with van der Waals surface area (Å²) in [7, 11) is 0. The summed E-state index contributed by atoms with van der Waals surface area (Å²) in [5, 5.41) is 10.6. The molecule has 0 spiro atoms. The van der Waals surface area contributed by atoms with E-state index in [1.807, 2.05) is 24.3 Å². The summed E-state index contributed by atoms with van der Waals surface area (Å²) in [6.45, 7) is 0. The fourth-order valence-corrected chi connectivity index (χ4v) is 2.55.